The Kier molecular flexibility index (Phi) is 4.51. The molecule has 0 unspecified atom stereocenters. The molecule has 4 nitrogen and oxygen atoms in total. The van der Waals surface area contributed by atoms with Crippen molar-refractivity contribution in [3.8, 4) is 0 Å². The number of aromatic nitrogens is 1. The van der Waals surface area contributed by atoms with Gasteiger partial charge in [0.2, 0.25) is 0 Å². The summed E-state index contributed by atoms with van der Waals surface area (Å²) < 4.78 is 6.08. The summed E-state index contributed by atoms with van der Waals surface area (Å²) in [6, 6.07) is 3.77. The summed E-state index contributed by atoms with van der Waals surface area (Å²) in [6.07, 6.45) is -0.431. The van der Waals surface area contributed by atoms with Gasteiger partial charge in [-0.3, -0.25) is 4.98 Å². The van der Waals surface area contributed by atoms with E-state index in [0.29, 0.717) is 6.54 Å². The van der Waals surface area contributed by atoms with Crippen LogP contribution in [0.3, 0.4) is 0 Å². The second kappa shape index (κ2) is 5.49. The van der Waals surface area contributed by atoms with Gasteiger partial charge in [-0.25, -0.2) is 4.79 Å². The molecule has 1 rings (SSSR count). The number of carbonyl (C=O) groups excluding carboxylic acids is 1. The lowest BCUT2D eigenvalue weighted by Gasteiger charge is -2.19. The second-order valence-electron chi connectivity index (χ2n) is 4.73. The fourth-order valence-corrected chi connectivity index (χ4v) is 1.39. The van der Waals surface area contributed by atoms with E-state index in [0.717, 1.165) is 15.9 Å². The standard InChI is InChI=1S/C12H17BrN2O2/c1-8-10(13)6-5-9(15-8)7-14-11(16)17-12(2,3)4/h5-6H,7H2,1-4H3,(H,14,16). The van der Waals surface area contributed by atoms with Gasteiger partial charge >= 0.3 is 6.09 Å². The molecule has 0 fully saturated rings. The predicted octanol–water partition coefficient (Wildman–Crippen LogP) is 3.18. The van der Waals surface area contributed by atoms with Gasteiger partial charge in [0.1, 0.15) is 5.60 Å². The summed E-state index contributed by atoms with van der Waals surface area (Å²) in [5.41, 5.74) is 1.22. The van der Waals surface area contributed by atoms with Gasteiger partial charge in [-0.2, -0.15) is 0 Å². The maximum absolute atomic E-state index is 11.4. The van der Waals surface area contributed by atoms with Crippen molar-refractivity contribution in [3.05, 3.63) is 28.0 Å². The number of amides is 1. The lowest BCUT2D eigenvalue weighted by Crippen LogP contribution is -2.32. The van der Waals surface area contributed by atoms with Gasteiger partial charge in [-0.05, 0) is 55.8 Å². The molecular formula is C12H17BrN2O2. The lowest BCUT2D eigenvalue weighted by atomic mass is 10.2. The number of hydrogen-bond acceptors (Lipinski definition) is 3. The Bertz CT molecular complexity index is 413. The molecule has 0 aromatic carbocycles. The number of rotatable bonds is 2. The monoisotopic (exact) mass is 300 g/mol. The number of nitrogens with one attached hydrogen (secondary N) is 1. The molecule has 0 spiro atoms. The summed E-state index contributed by atoms with van der Waals surface area (Å²) in [5.74, 6) is 0. The fourth-order valence-electron chi connectivity index (χ4n) is 1.17. The van der Waals surface area contributed by atoms with Crippen LogP contribution in [0.15, 0.2) is 16.6 Å². The van der Waals surface area contributed by atoms with Crippen LogP contribution in [0, 0.1) is 6.92 Å². The van der Waals surface area contributed by atoms with E-state index in [9.17, 15) is 4.79 Å². The van der Waals surface area contributed by atoms with Crippen LogP contribution >= 0.6 is 15.9 Å². The molecule has 0 saturated heterocycles. The molecule has 1 aromatic heterocycles. The van der Waals surface area contributed by atoms with Crippen LogP contribution in [0.2, 0.25) is 0 Å². The van der Waals surface area contributed by atoms with Crippen LogP contribution in [-0.2, 0) is 11.3 Å². The number of halogens is 1. The van der Waals surface area contributed by atoms with Gasteiger partial charge in [-0.15, -0.1) is 0 Å². The number of pyridine rings is 1. The first-order valence-electron chi connectivity index (χ1n) is 5.37. The molecule has 5 heteroatoms. The van der Waals surface area contributed by atoms with Crippen LogP contribution in [0.4, 0.5) is 4.79 Å². The van der Waals surface area contributed by atoms with Crippen LogP contribution in [0.1, 0.15) is 32.2 Å². The zero-order chi connectivity index (χ0) is 13.1. The predicted molar refractivity (Wildman–Crippen MR) is 69.7 cm³/mol. The van der Waals surface area contributed by atoms with E-state index in [1.807, 2.05) is 39.8 Å². The first kappa shape index (κ1) is 14.0. The molecule has 94 valence electrons. The third-order valence-corrected chi connectivity index (χ3v) is 2.73. The first-order chi connectivity index (χ1) is 7.78. The van der Waals surface area contributed by atoms with E-state index in [4.69, 9.17) is 4.74 Å². The Morgan fingerprint density at radius 1 is 1.47 bits per heavy atom. The number of carbonyl (C=O) groups is 1. The Morgan fingerprint density at radius 3 is 2.65 bits per heavy atom. The molecule has 0 saturated carbocycles. The number of aryl methyl sites for hydroxylation is 1. The van der Waals surface area contributed by atoms with Crippen molar-refractivity contribution in [3.63, 3.8) is 0 Å². The summed E-state index contributed by atoms with van der Waals surface area (Å²) in [4.78, 5) is 15.7. The van der Waals surface area contributed by atoms with Crippen molar-refractivity contribution in [2.24, 2.45) is 0 Å². The van der Waals surface area contributed by atoms with Crippen LogP contribution < -0.4 is 5.32 Å². The largest absolute Gasteiger partial charge is 0.444 e. The highest BCUT2D eigenvalue weighted by molar-refractivity contribution is 9.10. The molecular weight excluding hydrogens is 284 g/mol. The van der Waals surface area contributed by atoms with E-state index < -0.39 is 11.7 Å². The highest BCUT2D eigenvalue weighted by Crippen LogP contribution is 2.13. The molecule has 1 heterocycles. The van der Waals surface area contributed by atoms with Crippen molar-refractivity contribution in [2.75, 3.05) is 0 Å². The molecule has 0 aliphatic carbocycles. The van der Waals surface area contributed by atoms with Crippen molar-refractivity contribution < 1.29 is 9.53 Å². The molecule has 17 heavy (non-hydrogen) atoms. The van der Waals surface area contributed by atoms with Crippen LogP contribution in [-0.4, -0.2) is 16.7 Å². The smallest absolute Gasteiger partial charge is 0.407 e. The SMILES string of the molecule is Cc1nc(CNC(=O)OC(C)(C)C)ccc1Br. The average Bonchev–Trinajstić information content (AvgIpc) is 2.17. The van der Waals surface area contributed by atoms with Gasteiger partial charge in [0.15, 0.2) is 0 Å². The Morgan fingerprint density at radius 2 is 2.12 bits per heavy atom. The van der Waals surface area contributed by atoms with Crippen molar-refractivity contribution in [2.45, 2.75) is 39.8 Å². The van der Waals surface area contributed by atoms with Gasteiger partial charge in [0, 0.05) is 4.47 Å². The van der Waals surface area contributed by atoms with Crippen molar-refractivity contribution in [1.29, 1.82) is 0 Å². The van der Waals surface area contributed by atoms with E-state index in [1.165, 1.54) is 0 Å². The Labute approximate surface area is 110 Å². The van der Waals surface area contributed by atoms with E-state index in [1.54, 1.807) is 0 Å². The number of alkyl carbamates (subject to hydrolysis) is 1. The molecule has 0 radical (unpaired) electrons. The van der Waals surface area contributed by atoms with Crippen molar-refractivity contribution >= 4 is 22.0 Å². The Balaban J connectivity index is 2.50. The minimum absolute atomic E-state index is 0.364. The van der Waals surface area contributed by atoms with Crippen LogP contribution in [0.5, 0.6) is 0 Å². The fraction of sp³-hybridized carbons (Fsp3) is 0.500. The maximum atomic E-state index is 11.4. The number of nitrogens with zero attached hydrogens (tertiary/aromatic N) is 1. The third kappa shape index (κ3) is 5.17. The van der Waals surface area contributed by atoms with Gasteiger partial charge in [0.25, 0.3) is 0 Å². The summed E-state index contributed by atoms with van der Waals surface area (Å²) in [5, 5.41) is 2.66. The highest BCUT2D eigenvalue weighted by Gasteiger charge is 2.15. The number of ether oxygens (including phenoxy) is 1. The molecule has 1 aromatic rings. The Hall–Kier alpha value is -1.10. The minimum atomic E-state index is -0.479. The highest BCUT2D eigenvalue weighted by atomic mass is 79.9. The second-order valence-corrected chi connectivity index (χ2v) is 5.58. The molecule has 1 N–H and O–H groups in total. The maximum Gasteiger partial charge on any atom is 0.407 e. The molecule has 1 amide bonds. The van der Waals surface area contributed by atoms with Crippen molar-refractivity contribution in [1.82, 2.24) is 10.3 Å². The molecule has 0 aliphatic rings. The zero-order valence-electron chi connectivity index (χ0n) is 10.5. The summed E-state index contributed by atoms with van der Waals surface area (Å²) in [7, 11) is 0. The van der Waals surface area contributed by atoms with Gasteiger partial charge in [0.05, 0.1) is 17.9 Å². The normalized spacial score (nSPS) is 11.1. The third-order valence-electron chi connectivity index (χ3n) is 1.89. The quantitative estimate of drug-likeness (QED) is 0.912. The van der Waals surface area contributed by atoms with E-state index >= 15 is 0 Å². The van der Waals surface area contributed by atoms with E-state index in [2.05, 4.69) is 26.2 Å². The summed E-state index contributed by atoms with van der Waals surface area (Å²) >= 11 is 3.37. The summed E-state index contributed by atoms with van der Waals surface area (Å²) in [6.45, 7) is 7.75. The molecule has 0 atom stereocenters. The van der Waals surface area contributed by atoms with Crippen LogP contribution in [0.25, 0.3) is 0 Å². The van der Waals surface area contributed by atoms with Gasteiger partial charge in [-0.1, -0.05) is 0 Å². The number of hydrogen-bond donors (Lipinski definition) is 1. The topological polar surface area (TPSA) is 51.2 Å². The van der Waals surface area contributed by atoms with E-state index in [-0.39, 0.29) is 0 Å². The zero-order valence-corrected chi connectivity index (χ0v) is 12.1. The minimum Gasteiger partial charge on any atom is -0.444 e. The first-order valence-corrected chi connectivity index (χ1v) is 6.16. The average molecular weight is 301 g/mol. The van der Waals surface area contributed by atoms with Gasteiger partial charge < -0.3 is 10.1 Å². The lowest BCUT2D eigenvalue weighted by molar-refractivity contribution is 0.0523. The molecule has 0 bridgehead atoms. The molecule has 0 aliphatic heterocycles.